The number of carbonyl (C=O) groups is 6. The van der Waals surface area contributed by atoms with E-state index >= 15 is 0 Å². The van der Waals surface area contributed by atoms with Crippen molar-refractivity contribution < 1.29 is 43.3 Å². The number of rotatable bonds is 10. The van der Waals surface area contributed by atoms with Crippen LogP contribution in [0.3, 0.4) is 0 Å². The third kappa shape index (κ3) is 4.97. The summed E-state index contributed by atoms with van der Waals surface area (Å²) in [5.41, 5.74) is 3.63. The van der Waals surface area contributed by atoms with Crippen LogP contribution >= 0.6 is 0 Å². The highest BCUT2D eigenvalue weighted by atomic mass is 16.5. The van der Waals surface area contributed by atoms with Crippen molar-refractivity contribution in [3.8, 4) is 0 Å². The van der Waals surface area contributed by atoms with Gasteiger partial charge in [-0.3, -0.25) is 19.2 Å². The van der Waals surface area contributed by atoms with Crippen molar-refractivity contribution in [3.05, 3.63) is 24.0 Å². The van der Waals surface area contributed by atoms with Crippen LogP contribution in [0.2, 0.25) is 0 Å². The monoisotopic (exact) mass is 395 g/mol. The molecule has 1 aliphatic rings. The zero-order chi connectivity index (χ0) is 21.5. The van der Waals surface area contributed by atoms with E-state index in [-0.39, 0.29) is 19.0 Å². The summed E-state index contributed by atoms with van der Waals surface area (Å²) in [6.07, 6.45) is 0.923. The van der Waals surface area contributed by atoms with Gasteiger partial charge in [-0.15, -0.1) is 0 Å². The molecule has 1 aliphatic carbocycles. The van der Waals surface area contributed by atoms with Crippen molar-refractivity contribution in [1.82, 2.24) is 0 Å². The fraction of sp³-hybridized carbons (Fsp3) is 0.444. The number of carbonyl (C=O) groups excluding carboxylic acids is 6. The molecule has 10 heteroatoms. The van der Waals surface area contributed by atoms with E-state index < -0.39 is 59.4 Å². The first-order valence-corrected chi connectivity index (χ1v) is 8.42. The molecular weight excluding hydrogens is 374 g/mol. The van der Waals surface area contributed by atoms with E-state index in [2.05, 4.69) is 9.47 Å². The number of allylic oxidation sites excluding steroid dienone is 1. The summed E-state index contributed by atoms with van der Waals surface area (Å²) in [7, 11) is 0. The zero-order valence-electron chi connectivity index (χ0n) is 15.4. The average molecular weight is 395 g/mol. The first kappa shape index (κ1) is 22.9. The molecule has 0 saturated carbocycles. The molecule has 0 aromatic carbocycles. The Balaban J connectivity index is 3.16. The van der Waals surface area contributed by atoms with Crippen LogP contribution in [0.5, 0.6) is 0 Å². The first-order chi connectivity index (χ1) is 13.1. The number of ether oxygens (including phenoxy) is 2. The summed E-state index contributed by atoms with van der Waals surface area (Å²) in [6.45, 7) is 2.75. The summed E-state index contributed by atoms with van der Waals surface area (Å²) >= 11 is 0. The van der Waals surface area contributed by atoms with Crippen molar-refractivity contribution in [2.45, 2.75) is 32.7 Å². The predicted molar refractivity (Wildman–Crippen MR) is 92.8 cm³/mol. The van der Waals surface area contributed by atoms with Gasteiger partial charge in [0.05, 0.1) is 26.1 Å². The Kier molecular flexibility index (Phi) is 7.93. The Morgan fingerprint density at radius 2 is 1.39 bits per heavy atom. The van der Waals surface area contributed by atoms with Crippen LogP contribution in [0, 0.1) is 5.41 Å². The van der Waals surface area contributed by atoms with Crippen LogP contribution in [0.4, 0.5) is 0 Å². The number of aliphatic hydroxyl groups excluding tert-OH is 1. The van der Waals surface area contributed by atoms with E-state index in [9.17, 15) is 33.9 Å². The highest BCUT2D eigenvalue weighted by Crippen LogP contribution is 2.33. The minimum Gasteiger partial charge on any atom is -0.508 e. The molecule has 0 aliphatic heterocycles. The largest absolute Gasteiger partial charge is 0.508 e. The van der Waals surface area contributed by atoms with E-state index in [4.69, 9.17) is 5.73 Å². The van der Waals surface area contributed by atoms with Gasteiger partial charge in [-0.2, -0.15) is 0 Å². The van der Waals surface area contributed by atoms with Gasteiger partial charge in [0.2, 0.25) is 11.6 Å². The quantitative estimate of drug-likeness (QED) is 0.279. The van der Waals surface area contributed by atoms with E-state index in [1.54, 1.807) is 0 Å². The van der Waals surface area contributed by atoms with E-state index in [0.717, 1.165) is 18.2 Å². The van der Waals surface area contributed by atoms with Crippen molar-refractivity contribution in [2.75, 3.05) is 13.2 Å². The predicted octanol–water partition coefficient (Wildman–Crippen LogP) is -0.505. The fourth-order valence-corrected chi connectivity index (χ4v) is 2.56. The minimum atomic E-state index is -2.21. The Labute approximate surface area is 160 Å². The highest BCUT2D eigenvalue weighted by Gasteiger charge is 2.50. The SMILES string of the molecule is CCOC(=O)C(=O)CC(=O)C1(C(=O)CC(=O)C(=O)OCC)C=CC(O)=CC1N. The Hall–Kier alpha value is -3.14. The lowest BCUT2D eigenvalue weighted by Crippen LogP contribution is -2.53. The van der Waals surface area contributed by atoms with Crippen LogP contribution < -0.4 is 5.73 Å². The van der Waals surface area contributed by atoms with Crippen molar-refractivity contribution in [2.24, 2.45) is 11.1 Å². The van der Waals surface area contributed by atoms with Crippen molar-refractivity contribution in [1.29, 1.82) is 0 Å². The second-order valence-electron chi connectivity index (χ2n) is 5.81. The summed E-state index contributed by atoms with van der Waals surface area (Å²) in [4.78, 5) is 72.2. The Bertz CT molecular complexity index is 719. The maximum Gasteiger partial charge on any atom is 0.375 e. The van der Waals surface area contributed by atoms with Gasteiger partial charge < -0.3 is 20.3 Å². The number of aliphatic hydroxyl groups is 1. The summed E-state index contributed by atoms with van der Waals surface area (Å²) in [5, 5.41) is 9.55. The molecule has 1 rings (SSSR count). The number of Topliss-reactive ketones (excluding diaryl/α,β-unsaturated/α-hetero) is 4. The first-order valence-electron chi connectivity index (χ1n) is 8.42. The lowest BCUT2D eigenvalue weighted by atomic mass is 9.68. The van der Waals surface area contributed by atoms with Gasteiger partial charge in [0.15, 0.2) is 11.6 Å². The molecule has 0 spiro atoms. The molecule has 3 N–H and O–H groups in total. The maximum atomic E-state index is 12.8. The average Bonchev–Trinajstić information content (AvgIpc) is 2.61. The number of nitrogens with two attached hydrogens (primary N) is 1. The van der Waals surface area contributed by atoms with Crippen LogP contribution in [0.25, 0.3) is 0 Å². The summed E-state index contributed by atoms with van der Waals surface area (Å²) in [6, 6.07) is -1.43. The molecule has 10 nitrogen and oxygen atoms in total. The molecular formula is C18H21NO9. The molecule has 0 aromatic rings. The second kappa shape index (κ2) is 9.70. The topological polar surface area (TPSA) is 167 Å². The van der Waals surface area contributed by atoms with Crippen LogP contribution in [0.15, 0.2) is 24.0 Å². The zero-order valence-corrected chi connectivity index (χ0v) is 15.4. The van der Waals surface area contributed by atoms with E-state index in [1.807, 2.05) is 0 Å². The molecule has 0 bridgehead atoms. The maximum absolute atomic E-state index is 12.8. The second-order valence-corrected chi connectivity index (χ2v) is 5.81. The third-order valence-electron chi connectivity index (χ3n) is 3.96. The van der Waals surface area contributed by atoms with Gasteiger partial charge in [-0.1, -0.05) is 6.08 Å². The molecule has 1 atom stereocenters. The van der Waals surface area contributed by atoms with E-state index in [1.165, 1.54) is 13.8 Å². The molecule has 152 valence electrons. The van der Waals surface area contributed by atoms with Gasteiger partial charge in [0.1, 0.15) is 11.2 Å². The molecule has 0 aromatic heterocycles. The smallest absolute Gasteiger partial charge is 0.375 e. The number of ketones is 4. The van der Waals surface area contributed by atoms with Gasteiger partial charge in [-0.25, -0.2) is 9.59 Å². The number of hydrogen-bond donors (Lipinski definition) is 2. The fourth-order valence-electron chi connectivity index (χ4n) is 2.56. The normalized spacial score (nSPS) is 17.2. The summed E-state index contributed by atoms with van der Waals surface area (Å²) < 4.78 is 9.02. The van der Waals surface area contributed by atoms with Gasteiger partial charge in [-0.05, 0) is 26.0 Å². The number of esters is 2. The number of hydrogen-bond acceptors (Lipinski definition) is 10. The Morgan fingerprint density at radius 3 is 1.75 bits per heavy atom. The van der Waals surface area contributed by atoms with Crippen molar-refractivity contribution in [3.63, 3.8) is 0 Å². The molecule has 0 saturated heterocycles. The van der Waals surface area contributed by atoms with Crippen LogP contribution in [0.1, 0.15) is 26.7 Å². The molecule has 0 radical (unpaired) electrons. The van der Waals surface area contributed by atoms with Gasteiger partial charge >= 0.3 is 11.9 Å². The molecule has 28 heavy (non-hydrogen) atoms. The molecule has 0 heterocycles. The van der Waals surface area contributed by atoms with E-state index in [0.29, 0.717) is 0 Å². The van der Waals surface area contributed by atoms with Crippen LogP contribution in [-0.4, -0.2) is 59.4 Å². The molecule has 0 amide bonds. The lowest BCUT2D eigenvalue weighted by molar-refractivity contribution is -0.156. The third-order valence-corrected chi connectivity index (χ3v) is 3.96. The van der Waals surface area contributed by atoms with Crippen molar-refractivity contribution >= 4 is 35.1 Å². The van der Waals surface area contributed by atoms with Gasteiger partial charge in [0, 0.05) is 6.04 Å². The Morgan fingerprint density at radius 1 is 0.964 bits per heavy atom. The van der Waals surface area contributed by atoms with Gasteiger partial charge in [0.25, 0.3) is 0 Å². The standard InChI is InChI=1S/C18H21NO9/c1-3-27-16(25)11(21)8-14(23)18(6-5-10(20)7-13(18)19)15(24)9-12(22)17(26)28-4-2/h5-7,13,20H,3-4,8-9,19H2,1-2H3. The molecule has 0 fully saturated rings. The lowest BCUT2D eigenvalue weighted by Gasteiger charge is -2.33. The molecule has 1 unspecified atom stereocenters. The summed E-state index contributed by atoms with van der Waals surface area (Å²) in [5.74, 6) is -7.39. The minimum absolute atomic E-state index is 0.0904. The van der Waals surface area contributed by atoms with Crippen LogP contribution in [-0.2, 0) is 38.2 Å². The highest BCUT2D eigenvalue weighted by molar-refractivity contribution is 6.40.